The van der Waals surface area contributed by atoms with E-state index >= 15 is 0 Å². The van der Waals surface area contributed by atoms with Crippen LogP contribution in [0.1, 0.15) is 12.5 Å². The molecule has 0 amide bonds. The van der Waals surface area contributed by atoms with Gasteiger partial charge in [0.05, 0.1) is 6.61 Å². The molecule has 0 radical (unpaired) electrons. The summed E-state index contributed by atoms with van der Waals surface area (Å²) < 4.78 is 5.37. The van der Waals surface area contributed by atoms with Gasteiger partial charge in [0.1, 0.15) is 5.75 Å². The first kappa shape index (κ1) is 13.4. The molecule has 19 heavy (non-hydrogen) atoms. The minimum atomic E-state index is 0.283. The topological polar surface area (TPSA) is 41.5 Å². The molecule has 0 aromatic heterocycles. The molecule has 0 fully saturated rings. The molecule has 0 heterocycles. The average molecular weight is 257 g/mol. The molecule has 3 nitrogen and oxygen atoms in total. The summed E-state index contributed by atoms with van der Waals surface area (Å²) in [7, 11) is 0. The Kier molecular flexibility index (Phi) is 4.81. The molecule has 0 aliphatic heterocycles. The second-order valence-corrected chi connectivity index (χ2v) is 4.28. The molecule has 2 aromatic rings. The molecule has 0 bridgehead atoms. The van der Waals surface area contributed by atoms with E-state index in [0.29, 0.717) is 13.2 Å². The Hall–Kier alpha value is -2.00. The van der Waals surface area contributed by atoms with Crippen LogP contribution in [0, 0.1) is 0 Å². The molecule has 3 heteroatoms. The molecule has 0 unspecified atom stereocenters. The molecule has 0 saturated carbocycles. The lowest BCUT2D eigenvalue weighted by atomic mass is 10.1. The van der Waals surface area contributed by atoms with Crippen molar-refractivity contribution in [3.05, 3.63) is 54.1 Å². The summed E-state index contributed by atoms with van der Waals surface area (Å²) >= 11 is 0. The van der Waals surface area contributed by atoms with Gasteiger partial charge in [-0.05, 0) is 49.2 Å². The molecule has 0 atom stereocenters. The zero-order valence-corrected chi connectivity index (χ0v) is 11.1. The highest BCUT2D eigenvalue weighted by Gasteiger charge is 2.04. The third kappa shape index (κ3) is 4.00. The van der Waals surface area contributed by atoms with Gasteiger partial charge in [-0.2, -0.15) is 0 Å². The van der Waals surface area contributed by atoms with Gasteiger partial charge in [0.2, 0.25) is 0 Å². The molecule has 2 aromatic carbocycles. The summed E-state index contributed by atoms with van der Waals surface area (Å²) in [5, 5.41) is 13.0. The Labute approximate surface area is 113 Å². The standard InChI is InChI=1S/C16H19NO2/c1-2-19-11-10-13-12-15(18)8-9-16(13)17-14-6-4-3-5-7-14/h3-9,12,17-18H,2,10-11H2,1H3. The summed E-state index contributed by atoms with van der Waals surface area (Å²) in [4.78, 5) is 0. The average Bonchev–Trinajstić information content (AvgIpc) is 2.43. The number of phenols is 1. The van der Waals surface area contributed by atoms with Crippen LogP contribution in [0.4, 0.5) is 11.4 Å². The zero-order chi connectivity index (χ0) is 13.5. The quantitative estimate of drug-likeness (QED) is 0.612. The Morgan fingerprint density at radius 2 is 1.89 bits per heavy atom. The normalized spacial score (nSPS) is 10.4. The number of hydrogen-bond donors (Lipinski definition) is 2. The predicted octanol–water partition coefficient (Wildman–Crippen LogP) is 3.71. The maximum absolute atomic E-state index is 9.59. The van der Waals surface area contributed by atoms with E-state index in [-0.39, 0.29) is 5.75 Å². The number of phenolic OH excluding ortho intramolecular Hbond substituents is 1. The van der Waals surface area contributed by atoms with E-state index in [1.807, 2.05) is 43.3 Å². The van der Waals surface area contributed by atoms with Gasteiger partial charge in [0.15, 0.2) is 0 Å². The van der Waals surface area contributed by atoms with Crippen molar-refractivity contribution < 1.29 is 9.84 Å². The van der Waals surface area contributed by atoms with Crippen molar-refractivity contribution in [2.45, 2.75) is 13.3 Å². The summed E-state index contributed by atoms with van der Waals surface area (Å²) in [5.41, 5.74) is 3.09. The van der Waals surface area contributed by atoms with Crippen LogP contribution in [0.2, 0.25) is 0 Å². The van der Waals surface area contributed by atoms with Crippen molar-refractivity contribution >= 4 is 11.4 Å². The lowest BCUT2D eigenvalue weighted by molar-refractivity contribution is 0.151. The monoisotopic (exact) mass is 257 g/mol. The van der Waals surface area contributed by atoms with Crippen LogP contribution < -0.4 is 5.32 Å². The van der Waals surface area contributed by atoms with Gasteiger partial charge in [0, 0.05) is 18.0 Å². The maximum Gasteiger partial charge on any atom is 0.116 e. The van der Waals surface area contributed by atoms with E-state index in [2.05, 4.69) is 5.32 Å². The van der Waals surface area contributed by atoms with E-state index in [1.54, 1.807) is 12.1 Å². The molecule has 2 rings (SSSR count). The third-order valence-electron chi connectivity index (χ3n) is 2.86. The van der Waals surface area contributed by atoms with Crippen molar-refractivity contribution in [2.24, 2.45) is 0 Å². The second-order valence-electron chi connectivity index (χ2n) is 4.28. The lowest BCUT2D eigenvalue weighted by Crippen LogP contribution is -2.01. The molecule has 0 aliphatic carbocycles. The molecule has 0 spiro atoms. The number of aromatic hydroxyl groups is 1. The molecule has 100 valence electrons. The lowest BCUT2D eigenvalue weighted by Gasteiger charge is -2.12. The molecular weight excluding hydrogens is 238 g/mol. The summed E-state index contributed by atoms with van der Waals surface area (Å²) in [6.45, 7) is 3.34. The fourth-order valence-electron chi connectivity index (χ4n) is 1.91. The largest absolute Gasteiger partial charge is 0.508 e. The number of para-hydroxylation sites is 1. The van der Waals surface area contributed by atoms with Crippen molar-refractivity contribution in [3.8, 4) is 5.75 Å². The molecule has 2 N–H and O–H groups in total. The minimum Gasteiger partial charge on any atom is -0.508 e. The Bertz CT molecular complexity index is 511. The first-order chi connectivity index (χ1) is 9.29. The number of hydrogen-bond acceptors (Lipinski definition) is 3. The fraction of sp³-hybridized carbons (Fsp3) is 0.250. The van der Waals surface area contributed by atoms with Crippen LogP contribution in [0.3, 0.4) is 0 Å². The van der Waals surface area contributed by atoms with Crippen molar-refractivity contribution in [2.75, 3.05) is 18.5 Å². The van der Waals surface area contributed by atoms with Crippen molar-refractivity contribution in [1.29, 1.82) is 0 Å². The smallest absolute Gasteiger partial charge is 0.116 e. The molecule has 0 saturated heterocycles. The second kappa shape index (κ2) is 6.81. The number of anilines is 2. The van der Waals surface area contributed by atoms with Gasteiger partial charge in [-0.25, -0.2) is 0 Å². The molecule has 0 aliphatic rings. The summed E-state index contributed by atoms with van der Waals surface area (Å²) in [6, 6.07) is 15.4. The number of rotatable bonds is 6. The van der Waals surface area contributed by atoms with Gasteiger partial charge in [-0.15, -0.1) is 0 Å². The Morgan fingerprint density at radius 3 is 2.63 bits per heavy atom. The zero-order valence-electron chi connectivity index (χ0n) is 11.1. The van der Waals surface area contributed by atoms with Crippen LogP contribution in [0.25, 0.3) is 0 Å². The van der Waals surface area contributed by atoms with E-state index in [4.69, 9.17) is 4.74 Å². The number of ether oxygens (including phenoxy) is 1. The van der Waals surface area contributed by atoms with Gasteiger partial charge in [-0.3, -0.25) is 0 Å². The minimum absolute atomic E-state index is 0.283. The van der Waals surface area contributed by atoms with Gasteiger partial charge < -0.3 is 15.2 Å². The van der Waals surface area contributed by atoms with E-state index < -0.39 is 0 Å². The first-order valence-electron chi connectivity index (χ1n) is 6.51. The van der Waals surface area contributed by atoms with E-state index in [0.717, 1.165) is 23.4 Å². The third-order valence-corrected chi connectivity index (χ3v) is 2.86. The highest BCUT2D eigenvalue weighted by atomic mass is 16.5. The van der Waals surface area contributed by atoms with Gasteiger partial charge in [0.25, 0.3) is 0 Å². The number of benzene rings is 2. The first-order valence-corrected chi connectivity index (χ1v) is 6.51. The summed E-state index contributed by atoms with van der Waals surface area (Å²) in [6.07, 6.45) is 0.775. The SMILES string of the molecule is CCOCCc1cc(O)ccc1Nc1ccccc1. The highest BCUT2D eigenvalue weighted by molar-refractivity contribution is 5.64. The van der Waals surface area contributed by atoms with Crippen LogP contribution in [0.15, 0.2) is 48.5 Å². The fourth-order valence-corrected chi connectivity index (χ4v) is 1.91. The molecular formula is C16H19NO2. The Balaban J connectivity index is 2.14. The summed E-state index contributed by atoms with van der Waals surface area (Å²) in [5.74, 6) is 0.283. The van der Waals surface area contributed by atoms with Crippen LogP contribution in [-0.4, -0.2) is 18.3 Å². The van der Waals surface area contributed by atoms with Crippen LogP contribution in [0.5, 0.6) is 5.75 Å². The van der Waals surface area contributed by atoms with Crippen LogP contribution >= 0.6 is 0 Å². The predicted molar refractivity (Wildman–Crippen MR) is 78.0 cm³/mol. The highest BCUT2D eigenvalue weighted by Crippen LogP contribution is 2.25. The van der Waals surface area contributed by atoms with Crippen LogP contribution in [-0.2, 0) is 11.2 Å². The van der Waals surface area contributed by atoms with Crippen molar-refractivity contribution in [1.82, 2.24) is 0 Å². The van der Waals surface area contributed by atoms with Crippen molar-refractivity contribution in [3.63, 3.8) is 0 Å². The maximum atomic E-state index is 9.59. The van der Waals surface area contributed by atoms with E-state index in [9.17, 15) is 5.11 Å². The van der Waals surface area contributed by atoms with Gasteiger partial charge >= 0.3 is 0 Å². The Morgan fingerprint density at radius 1 is 1.11 bits per heavy atom. The van der Waals surface area contributed by atoms with E-state index in [1.165, 1.54) is 0 Å². The number of nitrogens with one attached hydrogen (secondary N) is 1. The van der Waals surface area contributed by atoms with Gasteiger partial charge in [-0.1, -0.05) is 18.2 Å².